The molecule has 0 nitrogen and oxygen atoms in total. The maximum absolute atomic E-state index is 2.82. The standard InChI is InChI=1S/C4H9P.2ClH/c5-4-2-1-3-4;;/h4H,1-3,5H2;2*1H. The molecule has 0 aromatic carbocycles. The summed E-state index contributed by atoms with van der Waals surface area (Å²) < 4.78 is 0. The fourth-order valence-electron chi connectivity index (χ4n) is 0.440. The Morgan fingerprint density at radius 2 is 1.43 bits per heavy atom. The van der Waals surface area contributed by atoms with Crippen molar-refractivity contribution < 1.29 is 0 Å². The summed E-state index contributed by atoms with van der Waals surface area (Å²) in [5.41, 5.74) is 0.981. The molecule has 0 radical (unpaired) electrons. The van der Waals surface area contributed by atoms with Crippen molar-refractivity contribution in [2.24, 2.45) is 0 Å². The van der Waals surface area contributed by atoms with Crippen molar-refractivity contribution in [3.05, 3.63) is 0 Å². The van der Waals surface area contributed by atoms with Crippen molar-refractivity contribution in [3.8, 4) is 0 Å². The van der Waals surface area contributed by atoms with Gasteiger partial charge in [-0.15, -0.1) is 34.1 Å². The van der Waals surface area contributed by atoms with Gasteiger partial charge in [-0.25, -0.2) is 0 Å². The molecule has 1 aliphatic carbocycles. The van der Waals surface area contributed by atoms with E-state index in [9.17, 15) is 0 Å². The van der Waals surface area contributed by atoms with E-state index in [1.54, 1.807) is 0 Å². The summed E-state index contributed by atoms with van der Waals surface area (Å²) in [5, 5.41) is 0. The van der Waals surface area contributed by atoms with Gasteiger partial charge in [0.05, 0.1) is 0 Å². The van der Waals surface area contributed by atoms with E-state index in [0.29, 0.717) is 0 Å². The number of halogens is 2. The SMILES string of the molecule is Cl.Cl.PC1CCC1. The van der Waals surface area contributed by atoms with E-state index in [2.05, 4.69) is 9.24 Å². The molecule has 1 unspecified atom stereocenters. The van der Waals surface area contributed by atoms with Gasteiger partial charge in [0, 0.05) is 0 Å². The Balaban J connectivity index is 0. The first kappa shape index (κ1) is 10.9. The van der Waals surface area contributed by atoms with E-state index >= 15 is 0 Å². The quantitative estimate of drug-likeness (QED) is 0.478. The molecule has 0 N–H and O–H groups in total. The monoisotopic (exact) mass is 160 g/mol. The van der Waals surface area contributed by atoms with Crippen LogP contribution in [0.3, 0.4) is 0 Å². The van der Waals surface area contributed by atoms with Crippen LogP contribution in [0.4, 0.5) is 0 Å². The highest BCUT2D eigenvalue weighted by molar-refractivity contribution is 7.17. The average molecular weight is 161 g/mol. The predicted molar refractivity (Wildman–Crippen MR) is 41.8 cm³/mol. The molecule has 1 fully saturated rings. The molecule has 0 bridgehead atoms. The van der Waals surface area contributed by atoms with Crippen LogP contribution < -0.4 is 0 Å². The first-order valence-electron chi connectivity index (χ1n) is 2.15. The maximum Gasteiger partial charge on any atom is -0.0264 e. The van der Waals surface area contributed by atoms with Crippen molar-refractivity contribution in [3.63, 3.8) is 0 Å². The van der Waals surface area contributed by atoms with E-state index in [4.69, 9.17) is 0 Å². The van der Waals surface area contributed by atoms with Gasteiger partial charge >= 0.3 is 0 Å². The van der Waals surface area contributed by atoms with Gasteiger partial charge in [0.15, 0.2) is 0 Å². The Bertz CT molecular complexity index is 36.7. The minimum Gasteiger partial charge on any atom is -0.147 e. The fourth-order valence-corrected chi connectivity index (χ4v) is 0.911. The van der Waals surface area contributed by atoms with Crippen LogP contribution in [-0.2, 0) is 0 Å². The van der Waals surface area contributed by atoms with Crippen LogP contribution in [0, 0.1) is 0 Å². The minimum atomic E-state index is 0. The van der Waals surface area contributed by atoms with Crippen molar-refractivity contribution >= 4 is 34.1 Å². The second-order valence-corrected chi connectivity index (χ2v) is 2.63. The lowest BCUT2D eigenvalue weighted by Crippen LogP contribution is -2.07. The van der Waals surface area contributed by atoms with Gasteiger partial charge in [0.1, 0.15) is 0 Å². The third-order valence-electron chi connectivity index (χ3n) is 1.15. The van der Waals surface area contributed by atoms with Crippen molar-refractivity contribution in [2.45, 2.75) is 24.9 Å². The van der Waals surface area contributed by atoms with Crippen LogP contribution in [-0.4, -0.2) is 5.66 Å². The zero-order chi connectivity index (χ0) is 3.70. The molecular formula is C4H11Cl2P. The molecule has 1 rings (SSSR count). The molecule has 1 aliphatic rings. The second kappa shape index (κ2) is 5.15. The summed E-state index contributed by atoms with van der Waals surface area (Å²) in [6.07, 6.45) is 4.36. The molecule has 3 heteroatoms. The smallest absolute Gasteiger partial charge is 0.0264 e. The fraction of sp³-hybridized carbons (Fsp3) is 1.00. The molecule has 0 heterocycles. The summed E-state index contributed by atoms with van der Waals surface area (Å²) in [6.45, 7) is 0. The van der Waals surface area contributed by atoms with Crippen LogP contribution in [0.2, 0.25) is 0 Å². The molecule has 0 saturated heterocycles. The Hall–Kier alpha value is 1.01. The Labute approximate surface area is 59.5 Å². The van der Waals surface area contributed by atoms with Gasteiger partial charge in [-0.05, 0) is 18.5 Å². The topological polar surface area (TPSA) is 0 Å². The van der Waals surface area contributed by atoms with Crippen LogP contribution in [0.25, 0.3) is 0 Å². The van der Waals surface area contributed by atoms with Gasteiger partial charge < -0.3 is 0 Å². The van der Waals surface area contributed by atoms with Gasteiger partial charge in [0.25, 0.3) is 0 Å². The van der Waals surface area contributed by atoms with Gasteiger partial charge in [0.2, 0.25) is 0 Å². The summed E-state index contributed by atoms with van der Waals surface area (Å²) >= 11 is 0. The molecule has 46 valence electrons. The zero-order valence-corrected chi connectivity index (χ0v) is 6.88. The van der Waals surface area contributed by atoms with E-state index < -0.39 is 0 Å². The summed E-state index contributed by atoms with van der Waals surface area (Å²) in [6, 6.07) is 0. The van der Waals surface area contributed by atoms with Crippen LogP contribution in [0.15, 0.2) is 0 Å². The average Bonchev–Trinajstić information content (AvgIpc) is 1.30. The third kappa shape index (κ3) is 3.58. The summed E-state index contributed by atoms with van der Waals surface area (Å²) in [5.74, 6) is 0. The first-order chi connectivity index (χ1) is 2.39. The van der Waals surface area contributed by atoms with E-state index in [1.807, 2.05) is 0 Å². The third-order valence-corrected chi connectivity index (χ3v) is 1.82. The highest BCUT2D eigenvalue weighted by atomic mass is 35.5. The normalized spacial score (nSPS) is 18.4. The predicted octanol–water partition coefficient (Wildman–Crippen LogP) is 2.26. The van der Waals surface area contributed by atoms with Gasteiger partial charge in [-0.1, -0.05) is 6.42 Å². The lowest BCUT2D eigenvalue weighted by Gasteiger charge is -2.18. The molecule has 1 atom stereocenters. The highest BCUT2D eigenvalue weighted by Crippen LogP contribution is 2.25. The Morgan fingerprint density at radius 3 is 1.43 bits per heavy atom. The zero-order valence-electron chi connectivity index (χ0n) is 4.09. The molecular weight excluding hydrogens is 150 g/mol. The van der Waals surface area contributed by atoms with Gasteiger partial charge in [-0.2, -0.15) is 0 Å². The second-order valence-electron chi connectivity index (χ2n) is 1.69. The lowest BCUT2D eigenvalue weighted by molar-refractivity contribution is 0.522. The molecule has 0 aromatic rings. The summed E-state index contributed by atoms with van der Waals surface area (Å²) in [4.78, 5) is 0. The Kier molecular flexibility index (Phi) is 8.02. The van der Waals surface area contributed by atoms with Crippen molar-refractivity contribution in [2.75, 3.05) is 0 Å². The van der Waals surface area contributed by atoms with Crippen LogP contribution >= 0.6 is 34.1 Å². The first-order valence-corrected chi connectivity index (χ1v) is 2.82. The molecule has 0 aliphatic heterocycles. The van der Waals surface area contributed by atoms with Crippen molar-refractivity contribution in [1.82, 2.24) is 0 Å². The molecule has 1 saturated carbocycles. The van der Waals surface area contributed by atoms with Gasteiger partial charge in [-0.3, -0.25) is 0 Å². The number of hydrogen-bond donors (Lipinski definition) is 0. The minimum absolute atomic E-state index is 0. The number of hydrogen-bond acceptors (Lipinski definition) is 0. The molecule has 0 spiro atoms. The molecule has 0 aromatic heterocycles. The summed E-state index contributed by atoms with van der Waals surface area (Å²) in [7, 11) is 2.82. The lowest BCUT2D eigenvalue weighted by atomic mass is 10.00. The van der Waals surface area contributed by atoms with E-state index in [0.717, 1.165) is 5.66 Å². The maximum atomic E-state index is 2.82. The van der Waals surface area contributed by atoms with Crippen LogP contribution in [0.1, 0.15) is 19.3 Å². The van der Waals surface area contributed by atoms with E-state index in [-0.39, 0.29) is 24.8 Å². The van der Waals surface area contributed by atoms with E-state index in [1.165, 1.54) is 19.3 Å². The molecule has 0 amide bonds. The van der Waals surface area contributed by atoms with Crippen LogP contribution in [0.5, 0.6) is 0 Å². The van der Waals surface area contributed by atoms with Crippen molar-refractivity contribution in [1.29, 1.82) is 0 Å². The molecule has 7 heavy (non-hydrogen) atoms. The highest BCUT2D eigenvalue weighted by Gasteiger charge is 2.09. The largest absolute Gasteiger partial charge is 0.147 e. The number of rotatable bonds is 0. The Morgan fingerprint density at radius 1 is 1.14 bits per heavy atom.